The van der Waals surface area contributed by atoms with Gasteiger partial charge in [0, 0.05) is 19.4 Å². The average molecular weight is 409 g/mol. The SMILES string of the molecule is O=C(CCCc1nc2ccccc2c(=O)[nH]1)NCC(c1ccco1)N1CCCCC1. The molecular weight excluding hydrogens is 380 g/mol. The van der Waals surface area contributed by atoms with Gasteiger partial charge in [0.25, 0.3) is 5.56 Å². The Bertz CT molecular complexity index is 1020. The quantitative estimate of drug-likeness (QED) is 0.597. The second kappa shape index (κ2) is 9.71. The van der Waals surface area contributed by atoms with Gasteiger partial charge in [0.15, 0.2) is 0 Å². The van der Waals surface area contributed by atoms with Gasteiger partial charge < -0.3 is 14.7 Å². The lowest BCUT2D eigenvalue weighted by molar-refractivity contribution is -0.121. The largest absolute Gasteiger partial charge is 0.468 e. The maximum Gasteiger partial charge on any atom is 0.258 e. The van der Waals surface area contributed by atoms with E-state index in [9.17, 15) is 9.59 Å². The van der Waals surface area contributed by atoms with Crippen LogP contribution >= 0.6 is 0 Å². The number of nitrogens with one attached hydrogen (secondary N) is 2. The molecule has 3 aromatic rings. The topological polar surface area (TPSA) is 91.2 Å². The van der Waals surface area contributed by atoms with E-state index in [1.165, 1.54) is 19.3 Å². The Labute approximate surface area is 175 Å². The van der Waals surface area contributed by atoms with Crippen LogP contribution in [-0.4, -0.2) is 40.4 Å². The van der Waals surface area contributed by atoms with Crippen LogP contribution in [0.3, 0.4) is 0 Å². The van der Waals surface area contributed by atoms with E-state index in [2.05, 4.69) is 20.2 Å². The van der Waals surface area contributed by atoms with E-state index < -0.39 is 0 Å². The van der Waals surface area contributed by atoms with E-state index in [4.69, 9.17) is 4.42 Å². The number of rotatable bonds is 8. The zero-order chi connectivity index (χ0) is 20.8. The van der Waals surface area contributed by atoms with Crippen molar-refractivity contribution < 1.29 is 9.21 Å². The molecule has 4 rings (SSSR count). The predicted molar refractivity (Wildman–Crippen MR) is 115 cm³/mol. The van der Waals surface area contributed by atoms with Gasteiger partial charge in [0.2, 0.25) is 5.91 Å². The number of aromatic nitrogens is 2. The highest BCUT2D eigenvalue weighted by Gasteiger charge is 2.24. The molecule has 7 heteroatoms. The summed E-state index contributed by atoms with van der Waals surface area (Å²) in [7, 11) is 0. The maximum absolute atomic E-state index is 12.4. The number of H-pyrrole nitrogens is 1. The van der Waals surface area contributed by atoms with Crippen molar-refractivity contribution in [3.8, 4) is 0 Å². The van der Waals surface area contributed by atoms with Crippen LogP contribution < -0.4 is 10.9 Å². The van der Waals surface area contributed by atoms with Gasteiger partial charge in [-0.15, -0.1) is 0 Å². The van der Waals surface area contributed by atoms with Crippen molar-refractivity contribution >= 4 is 16.8 Å². The van der Waals surface area contributed by atoms with Gasteiger partial charge in [0.05, 0.1) is 23.2 Å². The number of para-hydroxylation sites is 1. The molecule has 1 aromatic carbocycles. The molecule has 2 N–H and O–H groups in total. The molecule has 1 fully saturated rings. The van der Waals surface area contributed by atoms with Crippen LogP contribution in [-0.2, 0) is 11.2 Å². The monoisotopic (exact) mass is 408 g/mol. The van der Waals surface area contributed by atoms with E-state index in [0.717, 1.165) is 18.8 Å². The number of carbonyl (C=O) groups is 1. The third-order valence-electron chi connectivity index (χ3n) is 5.67. The summed E-state index contributed by atoms with van der Waals surface area (Å²) < 4.78 is 5.63. The molecule has 0 aliphatic carbocycles. The Morgan fingerprint density at radius 1 is 1.17 bits per heavy atom. The van der Waals surface area contributed by atoms with E-state index >= 15 is 0 Å². The Kier molecular flexibility index (Phi) is 6.59. The molecule has 30 heavy (non-hydrogen) atoms. The Morgan fingerprint density at radius 3 is 2.80 bits per heavy atom. The highest BCUT2D eigenvalue weighted by atomic mass is 16.3. The number of hydrogen-bond acceptors (Lipinski definition) is 5. The molecule has 158 valence electrons. The van der Waals surface area contributed by atoms with E-state index in [0.29, 0.717) is 42.5 Å². The second-order valence-corrected chi connectivity index (χ2v) is 7.82. The highest BCUT2D eigenvalue weighted by molar-refractivity contribution is 5.77. The summed E-state index contributed by atoms with van der Waals surface area (Å²) in [6.45, 7) is 2.60. The standard InChI is InChI=1S/C23H28N4O3/c28-22(12-6-11-21-25-18-9-3-2-8-17(18)23(29)26-21)24-16-19(20-10-7-15-30-20)27-13-4-1-5-14-27/h2-3,7-10,15,19H,1,4-6,11-14,16H2,(H,24,28)(H,25,26,29). The van der Waals surface area contributed by atoms with E-state index in [-0.39, 0.29) is 17.5 Å². The summed E-state index contributed by atoms with van der Waals surface area (Å²) in [5.74, 6) is 1.52. The summed E-state index contributed by atoms with van der Waals surface area (Å²) in [6.07, 6.45) is 6.89. The van der Waals surface area contributed by atoms with Crippen LogP contribution in [0, 0.1) is 0 Å². The van der Waals surface area contributed by atoms with Crippen molar-refractivity contribution in [2.24, 2.45) is 0 Å². The summed E-state index contributed by atoms with van der Waals surface area (Å²) in [4.78, 5) is 34.3. The number of aromatic amines is 1. The van der Waals surface area contributed by atoms with Crippen LogP contribution in [0.25, 0.3) is 10.9 Å². The van der Waals surface area contributed by atoms with Crippen molar-refractivity contribution in [3.05, 3.63) is 64.6 Å². The number of fused-ring (bicyclic) bond motifs is 1. The fourth-order valence-corrected chi connectivity index (χ4v) is 4.09. The number of aryl methyl sites for hydroxylation is 1. The summed E-state index contributed by atoms with van der Waals surface area (Å²) in [5.41, 5.74) is 0.548. The summed E-state index contributed by atoms with van der Waals surface area (Å²) in [6, 6.07) is 11.2. The van der Waals surface area contributed by atoms with Gasteiger partial charge in [-0.05, 0) is 56.6 Å². The molecule has 0 spiro atoms. The van der Waals surface area contributed by atoms with Crippen molar-refractivity contribution in [1.29, 1.82) is 0 Å². The zero-order valence-electron chi connectivity index (χ0n) is 17.1. The molecule has 1 atom stereocenters. The van der Waals surface area contributed by atoms with Gasteiger partial charge in [-0.25, -0.2) is 4.98 Å². The van der Waals surface area contributed by atoms with Gasteiger partial charge in [-0.2, -0.15) is 0 Å². The third-order valence-corrected chi connectivity index (χ3v) is 5.67. The molecule has 3 heterocycles. The lowest BCUT2D eigenvalue weighted by Crippen LogP contribution is -2.40. The van der Waals surface area contributed by atoms with Crippen LogP contribution in [0.2, 0.25) is 0 Å². The normalized spacial score (nSPS) is 15.9. The first kappa shape index (κ1) is 20.3. The molecule has 1 saturated heterocycles. The summed E-state index contributed by atoms with van der Waals surface area (Å²) in [5, 5.41) is 3.65. The number of piperidine rings is 1. The Balaban J connectivity index is 1.29. The molecule has 1 aliphatic heterocycles. The lowest BCUT2D eigenvalue weighted by Gasteiger charge is -2.33. The number of nitrogens with zero attached hydrogens (tertiary/aromatic N) is 2. The fraction of sp³-hybridized carbons (Fsp3) is 0.435. The van der Waals surface area contributed by atoms with Crippen molar-refractivity contribution in [2.75, 3.05) is 19.6 Å². The van der Waals surface area contributed by atoms with Crippen LogP contribution in [0.15, 0.2) is 51.9 Å². The Hall–Kier alpha value is -2.93. The van der Waals surface area contributed by atoms with Crippen LogP contribution in [0.1, 0.15) is 49.7 Å². The molecule has 0 saturated carbocycles. The minimum atomic E-state index is -0.136. The molecule has 1 unspecified atom stereocenters. The minimum absolute atomic E-state index is 0.00621. The number of likely N-dealkylation sites (tertiary alicyclic amines) is 1. The van der Waals surface area contributed by atoms with Gasteiger partial charge >= 0.3 is 0 Å². The van der Waals surface area contributed by atoms with E-state index in [1.807, 2.05) is 30.3 Å². The van der Waals surface area contributed by atoms with Crippen molar-refractivity contribution in [2.45, 2.75) is 44.6 Å². The molecule has 0 radical (unpaired) electrons. The second-order valence-electron chi connectivity index (χ2n) is 7.82. The first-order chi connectivity index (χ1) is 14.7. The number of amides is 1. The molecule has 1 amide bonds. The first-order valence-electron chi connectivity index (χ1n) is 10.7. The molecule has 0 bridgehead atoms. The number of carbonyl (C=O) groups excluding carboxylic acids is 1. The van der Waals surface area contributed by atoms with Crippen molar-refractivity contribution in [1.82, 2.24) is 20.2 Å². The fourth-order valence-electron chi connectivity index (χ4n) is 4.09. The molecule has 7 nitrogen and oxygen atoms in total. The molecular formula is C23H28N4O3. The van der Waals surface area contributed by atoms with Gasteiger partial charge in [-0.3, -0.25) is 14.5 Å². The summed E-state index contributed by atoms with van der Waals surface area (Å²) >= 11 is 0. The van der Waals surface area contributed by atoms with Crippen LogP contribution in [0.4, 0.5) is 0 Å². The lowest BCUT2D eigenvalue weighted by atomic mass is 10.1. The Morgan fingerprint density at radius 2 is 2.00 bits per heavy atom. The number of furan rings is 1. The van der Waals surface area contributed by atoms with Crippen molar-refractivity contribution in [3.63, 3.8) is 0 Å². The van der Waals surface area contributed by atoms with E-state index in [1.54, 1.807) is 12.3 Å². The average Bonchev–Trinajstić information content (AvgIpc) is 3.29. The number of benzene rings is 1. The van der Waals surface area contributed by atoms with Gasteiger partial charge in [0.1, 0.15) is 11.6 Å². The van der Waals surface area contributed by atoms with Gasteiger partial charge in [-0.1, -0.05) is 18.6 Å². The molecule has 1 aliphatic rings. The number of hydrogen-bond donors (Lipinski definition) is 2. The first-order valence-corrected chi connectivity index (χ1v) is 10.7. The van der Waals surface area contributed by atoms with Crippen LogP contribution in [0.5, 0.6) is 0 Å². The minimum Gasteiger partial charge on any atom is -0.468 e. The smallest absolute Gasteiger partial charge is 0.258 e. The zero-order valence-corrected chi connectivity index (χ0v) is 17.1. The third kappa shape index (κ3) is 4.97. The predicted octanol–water partition coefficient (Wildman–Crippen LogP) is 3.18. The highest BCUT2D eigenvalue weighted by Crippen LogP contribution is 2.24. The molecule has 2 aromatic heterocycles. The maximum atomic E-state index is 12.4.